The molecule has 2 rings (SSSR count). The minimum Gasteiger partial charge on any atom is -0.381 e. The summed E-state index contributed by atoms with van der Waals surface area (Å²) in [5.74, 6) is 0. The highest BCUT2D eigenvalue weighted by Crippen LogP contribution is 2.27. The first kappa shape index (κ1) is 12.3. The Balaban J connectivity index is 1.96. The van der Waals surface area contributed by atoms with Crippen molar-refractivity contribution in [2.75, 3.05) is 13.2 Å². The van der Waals surface area contributed by atoms with E-state index in [4.69, 9.17) is 4.74 Å². The third-order valence-electron chi connectivity index (χ3n) is 2.62. The van der Waals surface area contributed by atoms with Crippen LogP contribution in [0.1, 0.15) is 12.8 Å². The van der Waals surface area contributed by atoms with Crippen LogP contribution < -0.4 is 4.72 Å². The Hall–Kier alpha value is -1.11. The molecule has 92 valence electrons. The van der Waals surface area contributed by atoms with E-state index in [1.54, 1.807) is 18.2 Å². The van der Waals surface area contributed by atoms with Crippen molar-refractivity contribution in [2.24, 2.45) is 0 Å². The lowest BCUT2D eigenvalue weighted by atomic mass is 10.1. The molecular weight excluding hydrogens is 240 g/mol. The fourth-order valence-electron chi connectivity index (χ4n) is 1.66. The molecule has 1 fully saturated rings. The predicted molar refractivity (Wildman–Crippen MR) is 65.9 cm³/mol. The van der Waals surface area contributed by atoms with Gasteiger partial charge in [-0.05, 0) is 30.9 Å². The molecule has 1 aromatic rings. The molecule has 0 spiro atoms. The zero-order chi connectivity index (χ0) is 12.1. The topological polar surface area (TPSA) is 64.4 Å². The molecule has 6 heteroatoms. The second-order valence-corrected chi connectivity index (χ2v) is 4.71. The minimum atomic E-state index is -0.353. The van der Waals surface area contributed by atoms with Crippen LogP contribution in [-0.4, -0.2) is 24.2 Å². The van der Waals surface area contributed by atoms with Crippen molar-refractivity contribution in [3.63, 3.8) is 0 Å². The maximum atomic E-state index is 10.8. The molecule has 5 nitrogen and oxygen atoms in total. The highest BCUT2D eigenvalue weighted by molar-refractivity contribution is 7.97. The Bertz CT molecular complexity index is 394. The van der Waals surface area contributed by atoms with Gasteiger partial charge in [0.2, 0.25) is 0 Å². The SMILES string of the molecule is O=[N+]([O-])c1ccccc1SNC1CCOCC1. The van der Waals surface area contributed by atoms with Crippen molar-refractivity contribution in [1.29, 1.82) is 0 Å². The van der Waals surface area contributed by atoms with Gasteiger partial charge in [-0.25, -0.2) is 0 Å². The van der Waals surface area contributed by atoms with Gasteiger partial charge in [-0.1, -0.05) is 12.1 Å². The maximum Gasteiger partial charge on any atom is 0.284 e. The molecule has 1 aliphatic rings. The van der Waals surface area contributed by atoms with Crippen LogP contribution in [0.25, 0.3) is 0 Å². The highest BCUT2D eigenvalue weighted by Gasteiger charge is 2.17. The Morgan fingerprint density at radius 3 is 2.76 bits per heavy atom. The quantitative estimate of drug-likeness (QED) is 0.507. The van der Waals surface area contributed by atoms with Crippen LogP contribution in [0.5, 0.6) is 0 Å². The van der Waals surface area contributed by atoms with E-state index in [1.165, 1.54) is 18.0 Å². The fraction of sp³-hybridized carbons (Fsp3) is 0.455. The molecule has 1 saturated heterocycles. The van der Waals surface area contributed by atoms with E-state index >= 15 is 0 Å². The van der Waals surface area contributed by atoms with Gasteiger partial charge in [0.25, 0.3) is 5.69 Å². The Morgan fingerprint density at radius 1 is 1.35 bits per heavy atom. The first-order valence-electron chi connectivity index (χ1n) is 5.51. The monoisotopic (exact) mass is 254 g/mol. The normalized spacial score (nSPS) is 16.9. The molecular formula is C11H14N2O3S. The van der Waals surface area contributed by atoms with Crippen molar-refractivity contribution in [3.05, 3.63) is 34.4 Å². The van der Waals surface area contributed by atoms with E-state index in [2.05, 4.69) is 4.72 Å². The van der Waals surface area contributed by atoms with Crippen LogP contribution in [0, 0.1) is 10.1 Å². The molecule has 0 saturated carbocycles. The van der Waals surface area contributed by atoms with Crippen LogP contribution in [0.2, 0.25) is 0 Å². The molecule has 1 heterocycles. The predicted octanol–water partition coefficient (Wildman–Crippen LogP) is 2.37. The molecule has 0 unspecified atom stereocenters. The average Bonchev–Trinajstić information content (AvgIpc) is 2.38. The van der Waals surface area contributed by atoms with E-state index < -0.39 is 0 Å². The number of nitro benzene ring substituents is 1. The van der Waals surface area contributed by atoms with Crippen molar-refractivity contribution >= 4 is 17.6 Å². The molecule has 0 aromatic heterocycles. The van der Waals surface area contributed by atoms with Crippen LogP contribution >= 0.6 is 11.9 Å². The van der Waals surface area contributed by atoms with Gasteiger partial charge in [0, 0.05) is 25.3 Å². The summed E-state index contributed by atoms with van der Waals surface area (Å²) >= 11 is 1.33. The van der Waals surface area contributed by atoms with Crippen molar-refractivity contribution < 1.29 is 9.66 Å². The van der Waals surface area contributed by atoms with Crippen LogP contribution in [0.3, 0.4) is 0 Å². The Kier molecular flexibility index (Phi) is 4.36. The minimum absolute atomic E-state index is 0.150. The second kappa shape index (κ2) is 6.00. The molecule has 1 aromatic carbocycles. The summed E-state index contributed by atoms with van der Waals surface area (Å²) in [5, 5.41) is 10.8. The number of nitrogens with one attached hydrogen (secondary N) is 1. The zero-order valence-electron chi connectivity index (χ0n) is 9.30. The highest BCUT2D eigenvalue weighted by atomic mass is 32.2. The number of nitro groups is 1. The Labute approximate surface area is 104 Å². The van der Waals surface area contributed by atoms with Crippen molar-refractivity contribution in [1.82, 2.24) is 4.72 Å². The number of benzene rings is 1. The van der Waals surface area contributed by atoms with Gasteiger partial charge in [0.1, 0.15) is 4.90 Å². The first-order valence-corrected chi connectivity index (χ1v) is 6.32. The number of nitrogens with zero attached hydrogens (tertiary/aromatic N) is 1. The van der Waals surface area contributed by atoms with Gasteiger partial charge >= 0.3 is 0 Å². The van der Waals surface area contributed by atoms with E-state index in [1.807, 2.05) is 0 Å². The average molecular weight is 254 g/mol. The fourth-order valence-corrected chi connectivity index (χ4v) is 2.58. The molecule has 0 radical (unpaired) electrons. The van der Waals surface area contributed by atoms with E-state index in [0.717, 1.165) is 26.1 Å². The largest absolute Gasteiger partial charge is 0.381 e. The standard InChI is InChI=1S/C11H14N2O3S/c14-13(15)10-3-1-2-4-11(10)17-12-9-5-7-16-8-6-9/h1-4,9,12H,5-8H2. The zero-order valence-corrected chi connectivity index (χ0v) is 10.1. The number of hydrogen-bond acceptors (Lipinski definition) is 5. The molecule has 0 amide bonds. The summed E-state index contributed by atoms with van der Waals surface area (Å²) in [6.45, 7) is 1.52. The molecule has 0 bridgehead atoms. The number of para-hydroxylation sites is 1. The van der Waals surface area contributed by atoms with Gasteiger partial charge in [-0.2, -0.15) is 0 Å². The summed E-state index contributed by atoms with van der Waals surface area (Å²) in [4.78, 5) is 11.1. The van der Waals surface area contributed by atoms with E-state index in [9.17, 15) is 10.1 Å². The smallest absolute Gasteiger partial charge is 0.284 e. The lowest BCUT2D eigenvalue weighted by Crippen LogP contribution is -2.30. The van der Waals surface area contributed by atoms with E-state index in [0.29, 0.717) is 10.9 Å². The van der Waals surface area contributed by atoms with Crippen molar-refractivity contribution in [2.45, 2.75) is 23.8 Å². The lowest BCUT2D eigenvalue weighted by molar-refractivity contribution is -0.387. The maximum absolute atomic E-state index is 10.8. The number of hydrogen-bond donors (Lipinski definition) is 1. The van der Waals surface area contributed by atoms with Crippen molar-refractivity contribution in [3.8, 4) is 0 Å². The van der Waals surface area contributed by atoms with Gasteiger partial charge in [0.05, 0.1) is 4.92 Å². The van der Waals surface area contributed by atoms with Crippen LogP contribution in [0.4, 0.5) is 5.69 Å². The third kappa shape index (κ3) is 3.42. The Morgan fingerprint density at radius 2 is 2.06 bits per heavy atom. The number of rotatable bonds is 4. The number of ether oxygens (including phenoxy) is 1. The molecule has 0 aliphatic carbocycles. The lowest BCUT2D eigenvalue weighted by Gasteiger charge is -2.22. The van der Waals surface area contributed by atoms with E-state index in [-0.39, 0.29) is 10.6 Å². The van der Waals surface area contributed by atoms with Crippen LogP contribution in [-0.2, 0) is 4.74 Å². The molecule has 17 heavy (non-hydrogen) atoms. The van der Waals surface area contributed by atoms with Gasteiger partial charge < -0.3 is 4.74 Å². The summed E-state index contributed by atoms with van der Waals surface area (Å²) in [5.41, 5.74) is 0.150. The third-order valence-corrected chi connectivity index (χ3v) is 3.64. The summed E-state index contributed by atoms with van der Waals surface area (Å²) in [7, 11) is 0. The first-order chi connectivity index (χ1) is 8.27. The van der Waals surface area contributed by atoms with Gasteiger partial charge in [0.15, 0.2) is 0 Å². The van der Waals surface area contributed by atoms with Crippen LogP contribution in [0.15, 0.2) is 29.2 Å². The molecule has 1 N–H and O–H groups in total. The molecule has 0 atom stereocenters. The molecule has 1 aliphatic heterocycles. The van der Waals surface area contributed by atoms with Gasteiger partial charge in [-0.3, -0.25) is 14.8 Å². The second-order valence-electron chi connectivity index (χ2n) is 3.83. The summed E-state index contributed by atoms with van der Waals surface area (Å²) in [6.07, 6.45) is 1.90. The summed E-state index contributed by atoms with van der Waals surface area (Å²) in [6, 6.07) is 7.13. The van der Waals surface area contributed by atoms with Gasteiger partial charge in [-0.15, -0.1) is 0 Å². The summed E-state index contributed by atoms with van der Waals surface area (Å²) < 4.78 is 8.52.